The van der Waals surface area contributed by atoms with Crippen LogP contribution >= 0.6 is 0 Å². The molecule has 0 bridgehead atoms. The van der Waals surface area contributed by atoms with Crippen LogP contribution in [0.25, 0.3) is 11.0 Å². The minimum Gasteiger partial charge on any atom is -0.344 e. The molecule has 3 amide bonds. The maximum absolute atomic E-state index is 12.7. The van der Waals surface area contributed by atoms with E-state index < -0.39 is 17.9 Å². The van der Waals surface area contributed by atoms with Gasteiger partial charge in [0.2, 0.25) is 5.91 Å². The van der Waals surface area contributed by atoms with Crippen molar-refractivity contribution in [3.05, 3.63) is 29.6 Å². The molecule has 1 fully saturated rings. The van der Waals surface area contributed by atoms with Gasteiger partial charge in [0.1, 0.15) is 11.9 Å². The Labute approximate surface area is 183 Å². The lowest BCUT2D eigenvalue weighted by Gasteiger charge is -2.26. The summed E-state index contributed by atoms with van der Waals surface area (Å²) in [5, 5.41) is 2.87. The van der Waals surface area contributed by atoms with Crippen LogP contribution in [0.1, 0.15) is 69.1 Å². The molecule has 31 heavy (non-hydrogen) atoms. The van der Waals surface area contributed by atoms with E-state index >= 15 is 0 Å². The summed E-state index contributed by atoms with van der Waals surface area (Å²) in [5.41, 5.74) is 7.03. The zero-order valence-electron chi connectivity index (χ0n) is 18.8. The van der Waals surface area contributed by atoms with Gasteiger partial charge < -0.3 is 9.88 Å². The van der Waals surface area contributed by atoms with E-state index in [0.717, 1.165) is 55.5 Å². The summed E-state index contributed by atoms with van der Waals surface area (Å²) in [6.07, 6.45) is 4.99. The van der Waals surface area contributed by atoms with Gasteiger partial charge in [0.25, 0.3) is 11.8 Å². The molecule has 0 radical (unpaired) electrons. The number of carbonyl (C=O) groups excluding carboxylic acids is 3. The quantitative estimate of drug-likeness (QED) is 0.617. The van der Waals surface area contributed by atoms with E-state index in [1.165, 1.54) is 0 Å². The number of rotatable bonds is 6. The fraction of sp³-hybridized carbons (Fsp3) is 0.565. The second-order valence-electron chi connectivity index (χ2n) is 8.62. The molecular weight excluding hydrogens is 394 g/mol. The van der Waals surface area contributed by atoms with Gasteiger partial charge >= 0.3 is 0 Å². The highest BCUT2D eigenvalue weighted by molar-refractivity contribution is 5.99. The lowest BCUT2D eigenvalue weighted by molar-refractivity contribution is -0.133. The van der Waals surface area contributed by atoms with E-state index in [1.807, 2.05) is 33.8 Å². The van der Waals surface area contributed by atoms with E-state index in [1.54, 1.807) is 12.1 Å². The first-order valence-electron chi connectivity index (χ1n) is 11.2. The summed E-state index contributed by atoms with van der Waals surface area (Å²) in [5.74, 6) is -0.193. The number of nitrogens with zero attached hydrogens (tertiary/aromatic N) is 2. The van der Waals surface area contributed by atoms with E-state index in [-0.39, 0.29) is 17.7 Å². The maximum Gasteiger partial charge on any atom is 0.269 e. The van der Waals surface area contributed by atoms with Crippen molar-refractivity contribution in [2.24, 2.45) is 11.8 Å². The summed E-state index contributed by atoms with van der Waals surface area (Å²) in [4.78, 5) is 42.3. The van der Waals surface area contributed by atoms with E-state index in [9.17, 15) is 14.4 Å². The SMILES string of the molecule is CCn1c(C)nc2cc(C(=O)NNC(=O)[C@H](NC(=O)C3CCCCC3)C(C)C)ccc21. The number of aromatic nitrogens is 2. The zero-order valence-corrected chi connectivity index (χ0v) is 18.8. The summed E-state index contributed by atoms with van der Waals surface area (Å²) < 4.78 is 2.07. The van der Waals surface area contributed by atoms with Crippen molar-refractivity contribution in [1.82, 2.24) is 25.7 Å². The number of carbonyl (C=O) groups is 3. The number of fused-ring (bicyclic) bond motifs is 1. The van der Waals surface area contributed by atoms with Crippen molar-refractivity contribution in [3.63, 3.8) is 0 Å². The van der Waals surface area contributed by atoms with Gasteiger partial charge in [-0.25, -0.2) is 4.98 Å². The Kier molecular flexibility index (Phi) is 7.30. The summed E-state index contributed by atoms with van der Waals surface area (Å²) in [7, 11) is 0. The van der Waals surface area contributed by atoms with Crippen molar-refractivity contribution in [1.29, 1.82) is 0 Å². The lowest BCUT2D eigenvalue weighted by atomic mass is 9.88. The molecule has 2 aromatic rings. The van der Waals surface area contributed by atoms with Crippen LogP contribution in [0.15, 0.2) is 18.2 Å². The van der Waals surface area contributed by atoms with E-state index in [2.05, 4.69) is 25.7 Å². The third-order valence-corrected chi connectivity index (χ3v) is 6.04. The van der Waals surface area contributed by atoms with Crippen LogP contribution in [-0.2, 0) is 16.1 Å². The molecule has 3 N–H and O–H groups in total. The molecule has 0 aliphatic heterocycles. The number of aryl methyl sites for hydroxylation is 2. The molecule has 1 aliphatic rings. The fourth-order valence-electron chi connectivity index (χ4n) is 4.23. The number of amides is 3. The Morgan fingerprint density at radius 2 is 1.84 bits per heavy atom. The Morgan fingerprint density at radius 1 is 1.13 bits per heavy atom. The number of hydrazine groups is 1. The molecule has 1 atom stereocenters. The molecule has 8 heteroatoms. The monoisotopic (exact) mass is 427 g/mol. The van der Waals surface area contributed by atoms with Crippen molar-refractivity contribution in [3.8, 4) is 0 Å². The average Bonchev–Trinajstić information content (AvgIpc) is 3.09. The highest BCUT2D eigenvalue weighted by Crippen LogP contribution is 2.24. The molecule has 0 saturated heterocycles. The average molecular weight is 428 g/mol. The third kappa shape index (κ3) is 5.24. The summed E-state index contributed by atoms with van der Waals surface area (Å²) in [6, 6.07) is 4.57. The van der Waals surface area contributed by atoms with Gasteiger partial charge in [0.05, 0.1) is 11.0 Å². The van der Waals surface area contributed by atoms with Gasteiger partial charge in [-0.05, 0) is 50.8 Å². The van der Waals surface area contributed by atoms with Gasteiger partial charge in [0, 0.05) is 18.0 Å². The maximum atomic E-state index is 12.7. The normalized spacial score (nSPS) is 15.6. The Balaban J connectivity index is 1.61. The van der Waals surface area contributed by atoms with Crippen molar-refractivity contribution >= 4 is 28.8 Å². The van der Waals surface area contributed by atoms with Crippen molar-refractivity contribution in [2.75, 3.05) is 0 Å². The smallest absolute Gasteiger partial charge is 0.269 e. The van der Waals surface area contributed by atoms with Crippen molar-refractivity contribution in [2.45, 2.75) is 72.4 Å². The van der Waals surface area contributed by atoms with Crippen LogP contribution in [-0.4, -0.2) is 33.3 Å². The molecule has 1 aliphatic carbocycles. The predicted molar refractivity (Wildman–Crippen MR) is 119 cm³/mol. The fourth-order valence-corrected chi connectivity index (χ4v) is 4.23. The van der Waals surface area contributed by atoms with Gasteiger partial charge in [-0.1, -0.05) is 33.1 Å². The van der Waals surface area contributed by atoms with Gasteiger partial charge in [-0.15, -0.1) is 0 Å². The Morgan fingerprint density at radius 3 is 2.48 bits per heavy atom. The topological polar surface area (TPSA) is 105 Å². The number of imidazole rings is 1. The van der Waals surface area contributed by atoms with Crippen LogP contribution in [0.5, 0.6) is 0 Å². The Bertz CT molecular complexity index is 960. The van der Waals surface area contributed by atoms with Crippen LogP contribution in [0.3, 0.4) is 0 Å². The third-order valence-electron chi connectivity index (χ3n) is 6.04. The molecule has 3 rings (SSSR count). The molecule has 1 heterocycles. The van der Waals surface area contributed by atoms with Crippen LogP contribution < -0.4 is 16.2 Å². The molecule has 0 spiro atoms. The van der Waals surface area contributed by atoms with Crippen LogP contribution in [0, 0.1) is 18.8 Å². The second-order valence-corrected chi connectivity index (χ2v) is 8.62. The number of hydrogen-bond acceptors (Lipinski definition) is 4. The van der Waals surface area contributed by atoms with Gasteiger partial charge in [-0.3, -0.25) is 25.2 Å². The minimum atomic E-state index is -0.708. The number of hydrogen-bond donors (Lipinski definition) is 3. The molecule has 8 nitrogen and oxygen atoms in total. The number of nitrogens with one attached hydrogen (secondary N) is 3. The largest absolute Gasteiger partial charge is 0.344 e. The first-order valence-corrected chi connectivity index (χ1v) is 11.2. The highest BCUT2D eigenvalue weighted by atomic mass is 16.2. The zero-order chi connectivity index (χ0) is 22.5. The van der Waals surface area contributed by atoms with Crippen LogP contribution in [0.4, 0.5) is 0 Å². The van der Waals surface area contributed by atoms with Gasteiger partial charge in [0.15, 0.2) is 0 Å². The number of benzene rings is 1. The standard InChI is InChI=1S/C23H33N5O3/c1-5-28-15(4)24-18-13-17(11-12-19(18)28)22(30)26-27-23(31)20(14(2)3)25-21(29)16-9-7-6-8-10-16/h11-14,16,20H,5-10H2,1-4H3,(H,25,29)(H,26,30)(H,27,31)/t20-/m1/s1. The van der Waals surface area contributed by atoms with Crippen LogP contribution in [0.2, 0.25) is 0 Å². The van der Waals surface area contributed by atoms with Crippen molar-refractivity contribution < 1.29 is 14.4 Å². The van der Waals surface area contributed by atoms with Gasteiger partial charge in [-0.2, -0.15) is 0 Å². The Hall–Kier alpha value is -2.90. The highest BCUT2D eigenvalue weighted by Gasteiger charge is 2.29. The molecular formula is C23H33N5O3. The summed E-state index contributed by atoms with van der Waals surface area (Å²) in [6.45, 7) is 8.51. The first-order chi connectivity index (χ1) is 14.8. The molecule has 1 saturated carbocycles. The predicted octanol–water partition coefficient (Wildman–Crippen LogP) is 2.85. The van der Waals surface area contributed by atoms with E-state index in [4.69, 9.17) is 0 Å². The second kappa shape index (κ2) is 9.94. The molecule has 168 valence electrons. The minimum absolute atomic E-state index is 0.0319. The lowest BCUT2D eigenvalue weighted by Crippen LogP contribution is -2.55. The first kappa shape index (κ1) is 22.8. The van der Waals surface area contributed by atoms with E-state index in [0.29, 0.717) is 5.56 Å². The molecule has 0 unspecified atom stereocenters. The molecule has 1 aromatic carbocycles. The summed E-state index contributed by atoms with van der Waals surface area (Å²) >= 11 is 0. The molecule has 1 aromatic heterocycles.